The van der Waals surface area contributed by atoms with E-state index in [1.807, 2.05) is 35.2 Å². The van der Waals surface area contributed by atoms with Gasteiger partial charge in [-0.15, -0.1) is 0 Å². The van der Waals surface area contributed by atoms with Crippen LogP contribution in [0.15, 0.2) is 48.5 Å². The van der Waals surface area contributed by atoms with Crippen molar-refractivity contribution in [2.45, 2.75) is 18.9 Å². The Morgan fingerprint density at radius 1 is 1.30 bits per heavy atom. The molecule has 2 heterocycles. The molecular formula is C20H19ClN6O3. The van der Waals surface area contributed by atoms with Crippen molar-refractivity contribution < 1.29 is 9.72 Å². The standard InChI is InChI=1S/C20H19ClN6O3/c21-15-11-14(27(29)30)8-9-16(15)22-18(28)12-26-10-4-7-17(26)20-23-19(24-25-20)13-5-2-1-3-6-13/h1-3,5-6,8-9,11,17H,4,7,10,12H2,(H,22,28)(H,23,24,25). The first-order valence-corrected chi connectivity index (χ1v) is 9.84. The number of halogens is 1. The molecule has 1 saturated heterocycles. The second-order valence-corrected chi connectivity index (χ2v) is 7.42. The molecule has 3 aromatic rings. The van der Waals surface area contributed by atoms with E-state index in [0.717, 1.165) is 30.8 Å². The van der Waals surface area contributed by atoms with Crippen LogP contribution < -0.4 is 5.32 Å². The summed E-state index contributed by atoms with van der Waals surface area (Å²) >= 11 is 6.06. The van der Waals surface area contributed by atoms with Crippen LogP contribution in [0.1, 0.15) is 24.7 Å². The van der Waals surface area contributed by atoms with Gasteiger partial charge in [0.05, 0.1) is 28.2 Å². The largest absolute Gasteiger partial charge is 0.324 e. The minimum Gasteiger partial charge on any atom is -0.324 e. The number of hydrogen-bond donors (Lipinski definition) is 2. The fourth-order valence-electron chi connectivity index (χ4n) is 3.56. The summed E-state index contributed by atoms with van der Waals surface area (Å²) in [6, 6.07) is 13.6. The van der Waals surface area contributed by atoms with E-state index in [-0.39, 0.29) is 29.2 Å². The molecule has 1 aromatic heterocycles. The van der Waals surface area contributed by atoms with Gasteiger partial charge in [0.25, 0.3) is 5.69 Å². The molecule has 0 bridgehead atoms. The van der Waals surface area contributed by atoms with Crippen molar-refractivity contribution in [2.75, 3.05) is 18.4 Å². The summed E-state index contributed by atoms with van der Waals surface area (Å²) in [5, 5.41) is 21.0. The first-order chi connectivity index (χ1) is 14.5. The van der Waals surface area contributed by atoms with Crippen LogP contribution in [0.4, 0.5) is 11.4 Å². The Hall–Kier alpha value is -3.30. The first-order valence-electron chi connectivity index (χ1n) is 9.47. The summed E-state index contributed by atoms with van der Waals surface area (Å²) in [5.41, 5.74) is 1.14. The zero-order valence-electron chi connectivity index (χ0n) is 15.9. The van der Waals surface area contributed by atoms with Gasteiger partial charge in [-0.25, -0.2) is 4.98 Å². The number of aromatic amines is 1. The molecule has 2 N–H and O–H groups in total. The summed E-state index contributed by atoms with van der Waals surface area (Å²) in [5.74, 6) is 1.10. The molecule has 0 spiro atoms. The van der Waals surface area contributed by atoms with Crippen molar-refractivity contribution in [1.29, 1.82) is 0 Å². The number of amides is 1. The minimum absolute atomic E-state index is 0.0342. The molecule has 1 unspecified atom stereocenters. The third-order valence-corrected chi connectivity index (χ3v) is 5.31. The molecule has 1 atom stereocenters. The molecule has 154 valence electrons. The number of anilines is 1. The molecule has 1 amide bonds. The Labute approximate surface area is 177 Å². The molecule has 0 saturated carbocycles. The predicted molar refractivity (Wildman–Crippen MR) is 112 cm³/mol. The van der Waals surface area contributed by atoms with Gasteiger partial charge in [0, 0.05) is 17.7 Å². The number of hydrogen-bond acceptors (Lipinski definition) is 6. The van der Waals surface area contributed by atoms with Crippen molar-refractivity contribution in [3.63, 3.8) is 0 Å². The molecule has 1 aliphatic rings. The van der Waals surface area contributed by atoms with Crippen LogP contribution >= 0.6 is 11.6 Å². The number of nitro benzene ring substituents is 1. The first kappa shape index (κ1) is 20.0. The van der Waals surface area contributed by atoms with Crippen LogP contribution in [0.2, 0.25) is 5.02 Å². The third kappa shape index (κ3) is 4.32. The number of non-ortho nitro benzene ring substituents is 1. The number of aromatic nitrogens is 3. The lowest BCUT2D eigenvalue weighted by Crippen LogP contribution is -2.33. The summed E-state index contributed by atoms with van der Waals surface area (Å²) in [4.78, 5) is 29.5. The van der Waals surface area contributed by atoms with Crippen molar-refractivity contribution in [3.05, 3.63) is 69.5 Å². The lowest BCUT2D eigenvalue weighted by molar-refractivity contribution is -0.384. The maximum atomic E-state index is 12.6. The Morgan fingerprint density at radius 3 is 2.83 bits per heavy atom. The highest BCUT2D eigenvalue weighted by atomic mass is 35.5. The number of rotatable bonds is 6. The van der Waals surface area contributed by atoms with Gasteiger partial charge in [-0.3, -0.25) is 24.9 Å². The summed E-state index contributed by atoms with van der Waals surface area (Å²) in [6.45, 7) is 0.910. The molecule has 10 heteroatoms. The molecule has 0 aliphatic carbocycles. The molecule has 4 rings (SSSR count). The van der Waals surface area contributed by atoms with Gasteiger partial charge in [0.2, 0.25) is 5.91 Å². The van der Waals surface area contributed by atoms with Gasteiger partial charge >= 0.3 is 0 Å². The minimum atomic E-state index is -0.534. The van der Waals surface area contributed by atoms with E-state index in [2.05, 4.69) is 20.5 Å². The second-order valence-electron chi connectivity index (χ2n) is 7.01. The Bertz CT molecular complexity index is 1070. The van der Waals surface area contributed by atoms with Crippen molar-refractivity contribution >= 4 is 28.9 Å². The molecule has 1 aliphatic heterocycles. The number of carbonyl (C=O) groups is 1. The highest BCUT2D eigenvalue weighted by molar-refractivity contribution is 6.34. The van der Waals surface area contributed by atoms with E-state index in [4.69, 9.17) is 11.6 Å². The number of carbonyl (C=O) groups excluding carboxylic acids is 1. The molecule has 9 nitrogen and oxygen atoms in total. The maximum Gasteiger partial charge on any atom is 0.271 e. The van der Waals surface area contributed by atoms with Gasteiger partial charge in [0.1, 0.15) is 5.82 Å². The van der Waals surface area contributed by atoms with Crippen molar-refractivity contribution in [2.24, 2.45) is 0 Å². The van der Waals surface area contributed by atoms with E-state index in [0.29, 0.717) is 11.5 Å². The van der Waals surface area contributed by atoms with Crippen LogP contribution in [0.3, 0.4) is 0 Å². The van der Waals surface area contributed by atoms with Crippen LogP contribution in [0.5, 0.6) is 0 Å². The van der Waals surface area contributed by atoms with Crippen molar-refractivity contribution in [3.8, 4) is 11.4 Å². The van der Waals surface area contributed by atoms with Crippen LogP contribution in [-0.2, 0) is 4.79 Å². The molecular weight excluding hydrogens is 408 g/mol. The monoisotopic (exact) mass is 426 g/mol. The molecule has 0 radical (unpaired) electrons. The lowest BCUT2D eigenvalue weighted by Gasteiger charge is -2.22. The lowest BCUT2D eigenvalue weighted by atomic mass is 10.2. The van der Waals surface area contributed by atoms with Crippen molar-refractivity contribution in [1.82, 2.24) is 20.1 Å². The van der Waals surface area contributed by atoms with Gasteiger partial charge in [0.15, 0.2) is 5.82 Å². The smallest absolute Gasteiger partial charge is 0.271 e. The number of nitro groups is 1. The van der Waals surface area contributed by atoms with E-state index in [1.54, 1.807) is 0 Å². The fourth-order valence-corrected chi connectivity index (χ4v) is 3.78. The van der Waals surface area contributed by atoms with E-state index in [1.165, 1.54) is 18.2 Å². The zero-order valence-corrected chi connectivity index (χ0v) is 16.7. The number of nitrogens with one attached hydrogen (secondary N) is 2. The molecule has 30 heavy (non-hydrogen) atoms. The summed E-state index contributed by atoms with van der Waals surface area (Å²) < 4.78 is 0. The van der Waals surface area contributed by atoms with Gasteiger partial charge in [-0.05, 0) is 25.5 Å². The maximum absolute atomic E-state index is 12.6. The van der Waals surface area contributed by atoms with E-state index in [9.17, 15) is 14.9 Å². The Morgan fingerprint density at radius 2 is 2.10 bits per heavy atom. The fraction of sp³-hybridized carbons (Fsp3) is 0.250. The third-order valence-electron chi connectivity index (χ3n) is 5.00. The SMILES string of the molecule is O=C(CN1CCCC1c1nc(-c2ccccc2)n[nH]1)Nc1ccc([N+](=O)[O-])cc1Cl. The number of H-pyrrole nitrogens is 1. The quantitative estimate of drug-likeness (QED) is 0.457. The van der Waals surface area contributed by atoms with Crippen LogP contribution in [-0.4, -0.2) is 44.0 Å². The highest BCUT2D eigenvalue weighted by Gasteiger charge is 2.30. The van der Waals surface area contributed by atoms with Crippen LogP contribution in [0.25, 0.3) is 11.4 Å². The average molecular weight is 427 g/mol. The number of nitrogens with zero attached hydrogens (tertiary/aromatic N) is 4. The number of benzene rings is 2. The highest BCUT2D eigenvalue weighted by Crippen LogP contribution is 2.31. The van der Waals surface area contributed by atoms with E-state index >= 15 is 0 Å². The molecule has 2 aromatic carbocycles. The summed E-state index contributed by atoms with van der Waals surface area (Å²) in [7, 11) is 0. The van der Waals surface area contributed by atoms with E-state index < -0.39 is 4.92 Å². The van der Waals surface area contributed by atoms with Gasteiger partial charge in [-0.2, -0.15) is 5.10 Å². The average Bonchev–Trinajstić information content (AvgIpc) is 3.39. The van der Waals surface area contributed by atoms with Gasteiger partial charge < -0.3 is 5.32 Å². The topological polar surface area (TPSA) is 117 Å². The normalized spacial score (nSPS) is 16.5. The summed E-state index contributed by atoms with van der Waals surface area (Å²) in [6.07, 6.45) is 1.81. The zero-order chi connectivity index (χ0) is 21.1. The Balaban J connectivity index is 1.43. The second kappa shape index (κ2) is 8.60. The van der Waals surface area contributed by atoms with Crippen LogP contribution in [0, 0.1) is 10.1 Å². The van der Waals surface area contributed by atoms with Gasteiger partial charge in [-0.1, -0.05) is 41.9 Å². The number of likely N-dealkylation sites (tertiary alicyclic amines) is 1. The Kier molecular flexibility index (Phi) is 5.73. The molecule has 1 fully saturated rings. The predicted octanol–water partition coefficient (Wildman–Crippen LogP) is 3.81.